The molecule has 0 saturated carbocycles. The minimum atomic E-state index is -0.0288. The van der Waals surface area contributed by atoms with Gasteiger partial charge in [0.05, 0.1) is 18.3 Å². The molecule has 0 aliphatic rings. The van der Waals surface area contributed by atoms with Crippen LogP contribution in [-0.2, 0) is 6.54 Å². The summed E-state index contributed by atoms with van der Waals surface area (Å²) in [6.07, 6.45) is 1.61. The first-order chi connectivity index (χ1) is 13.1. The van der Waals surface area contributed by atoms with Gasteiger partial charge >= 0.3 is 0 Å². The number of para-hydroxylation sites is 1. The summed E-state index contributed by atoms with van der Waals surface area (Å²) in [6.45, 7) is 2.89. The summed E-state index contributed by atoms with van der Waals surface area (Å²) < 4.78 is 8.36. The van der Waals surface area contributed by atoms with Crippen LogP contribution in [0.5, 0.6) is 5.75 Å². The molecule has 4 rings (SSSR count). The molecular formula is C21H17BrN2O2S. The number of thiophene rings is 1. The Balaban J connectivity index is 1.67. The molecule has 0 unspecified atom stereocenters. The molecule has 0 radical (unpaired) electrons. The molecule has 6 heteroatoms. The highest BCUT2D eigenvalue weighted by Gasteiger charge is 2.16. The molecule has 27 heavy (non-hydrogen) atoms. The Kier molecular flexibility index (Phi) is 5.09. The fourth-order valence-electron chi connectivity index (χ4n) is 3.04. The van der Waals surface area contributed by atoms with Gasteiger partial charge in [0.2, 0.25) is 0 Å². The third kappa shape index (κ3) is 3.68. The molecule has 0 fully saturated rings. The van der Waals surface area contributed by atoms with Gasteiger partial charge in [0.15, 0.2) is 0 Å². The van der Waals surface area contributed by atoms with E-state index >= 15 is 0 Å². The monoisotopic (exact) mass is 440 g/mol. The van der Waals surface area contributed by atoms with Crippen LogP contribution >= 0.6 is 27.3 Å². The Morgan fingerprint density at radius 2 is 1.85 bits per heavy atom. The highest BCUT2D eigenvalue weighted by molar-refractivity contribution is 9.10. The number of aryl methyl sites for hydroxylation is 1. The Morgan fingerprint density at radius 3 is 2.59 bits per heavy atom. The van der Waals surface area contributed by atoms with Crippen molar-refractivity contribution in [2.45, 2.75) is 13.5 Å². The lowest BCUT2D eigenvalue weighted by Gasteiger charge is -2.08. The number of fused-ring (bicyclic) bond motifs is 1. The van der Waals surface area contributed by atoms with Gasteiger partial charge in [-0.25, -0.2) is 4.98 Å². The number of benzene rings is 2. The molecule has 2 heterocycles. The van der Waals surface area contributed by atoms with Crippen LogP contribution in [0.1, 0.15) is 4.88 Å². The van der Waals surface area contributed by atoms with Gasteiger partial charge in [-0.15, -0.1) is 11.3 Å². The quantitative estimate of drug-likeness (QED) is 0.424. The maximum absolute atomic E-state index is 13.1. The highest BCUT2D eigenvalue weighted by Crippen LogP contribution is 2.35. The van der Waals surface area contributed by atoms with E-state index in [4.69, 9.17) is 4.74 Å². The summed E-state index contributed by atoms with van der Waals surface area (Å²) in [4.78, 5) is 19.5. The molecule has 0 bridgehead atoms. The SMILES string of the molecule is Cc1sc2ncn(CCOc3ccccc3)c(=O)c2c1-c1ccc(Br)cc1. The van der Waals surface area contributed by atoms with Crippen LogP contribution in [0.2, 0.25) is 0 Å². The topological polar surface area (TPSA) is 44.1 Å². The molecule has 2 aromatic carbocycles. The van der Waals surface area contributed by atoms with Gasteiger partial charge in [-0.1, -0.05) is 46.3 Å². The van der Waals surface area contributed by atoms with Crippen molar-refractivity contribution in [1.29, 1.82) is 0 Å². The third-order valence-corrected chi connectivity index (χ3v) is 5.87. The summed E-state index contributed by atoms with van der Waals surface area (Å²) in [5.74, 6) is 0.793. The van der Waals surface area contributed by atoms with Crippen molar-refractivity contribution >= 4 is 37.5 Å². The van der Waals surface area contributed by atoms with Crippen LogP contribution < -0.4 is 10.3 Å². The number of hydrogen-bond acceptors (Lipinski definition) is 4. The second kappa shape index (κ2) is 7.66. The van der Waals surface area contributed by atoms with Gasteiger partial charge in [0, 0.05) is 14.9 Å². The number of ether oxygens (including phenoxy) is 1. The molecule has 0 N–H and O–H groups in total. The van der Waals surface area contributed by atoms with E-state index in [-0.39, 0.29) is 5.56 Å². The van der Waals surface area contributed by atoms with Crippen molar-refractivity contribution in [2.75, 3.05) is 6.61 Å². The van der Waals surface area contributed by atoms with E-state index in [1.54, 1.807) is 22.2 Å². The number of halogens is 1. The maximum atomic E-state index is 13.1. The zero-order valence-electron chi connectivity index (χ0n) is 14.7. The lowest BCUT2D eigenvalue weighted by Crippen LogP contribution is -2.23. The van der Waals surface area contributed by atoms with Crippen LogP contribution in [0.25, 0.3) is 21.3 Å². The largest absolute Gasteiger partial charge is 0.492 e. The lowest BCUT2D eigenvalue weighted by atomic mass is 10.0. The predicted molar refractivity (Wildman–Crippen MR) is 114 cm³/mol. The van der Waals surface area contributed by atoms with Crippen LogP contribution in [0.4, 0.5) is 0 Å². The van der Waals surface area contributed by atoms with Crippen LogP contribution in [-0.4, -0.2) is 16.2 Å². The van der Waals surface area contributed by atoms with Crippen LogP contribution in [0.15, 0.2) is 70.2 Å². The summed E-state index contributed by atoms with van der Waals surface area (Å²) in [5, 5.41) is 0.682. The van der Waals surface area contributed by atoms with E-state index in [9.17, 15) is 4.79 Å². The van der Waals surface area contributed by atoms with Gasteiger partial charge < -0.3 is 4.74 Å². The summed E-state index contributed by atoms with van der Waals surface area (Å²) in [7, 11) is 0. The number of rotatable bonds is 5. The van der Waals surface area contributed by atoms with Crippen molar-refractivity contribution in [3.63, 3.8) is 0 Å². The average Bonchev–Trinajstić information content (AvgIpc) is 3.02. The van der Waals surface area contributed by atoms with E-state index in [0.29, 0.717) is 18.5 Å². The predicted octanol–water partition coefficient (Wildman–Crippen LogP) is 5.27. The van der Waals surface area contributed by atoms with Crippen molar-refractivity contribution in [3.05, 3.63) is 80.6 Å². The Bertz CT molecular complexity index is 1130. The molecule has 0 aliphatic heterocycles. The average molecular weight is 441 g/mol. The Morgan fingerprint density at radius 1 is 1.11 bits per heavy atom. The van der Waals surface area contributed by atoms with E-state index in [0.717, 1.165) is 31.1 Å². The minimum absolute atomic E-state index is 0.0288. The Hall–Kier alpha value is -2.44. The molecule has 4 nitrogen and oxygen atoms in total. The fourth-order valence-corrected chi connectivity index (χ4v) is 4.31. The maximum Gasteiger partial charge on any atom is 0.262 e. The summed E-state index contributed by atoms with van der Waals surface area (Å²) in [5.41, 5.74) is 1.97. The molecule has 0 saturated heterocycles. The van der Waals surface area contributed by atoms with Gasteiger partial charge in [-0.3, -0.25) is 9.36 Å². The smallest absolute Gasteiger partial charge is 0.262 e. The summed E-state index contributed by atoms with van der Waals surface area (Å²) >= 11 is 5.02. The molecule has 0 spiro atoms. The van der Waals surface area contributed by atoms with E-state index in [1.165, 1.54) is 0 Å². The van der Waals surface area contributed by atoms with Crippen LogP contribution in [0, 0.1) is 6.92 Å². The first-order valence-electron chi connectivity index (χ1n) is 8.56. The van der Waals surface area contributed by atoms with E-state index in [1.807, 2.05) is 61.5 Å². The molecule has 0 atom stereocenters. The molecular weight excluding hydrogens is 424 g/mol. The van der Waals surface area contributed by atoms with E-state index in [2.05, 4.69) is 20.9 Å². The van der Waals surface area contributed by atoms with Crippen molar-refractivity contribution < 1.29 is 4.74 Å². The van der Waals surface area contributed by atoms with Crippen LogP contribution in [0.3, 0.4) is 0 Å². The van der Waals surface area contributed by atoms with Gasteiger partial charge in [0.1, 0.15) is 17.2 Å². The number of nitrogens with zero attached hydrogens (tertiary/aromatic N) is 2. The normalized spacial score (nSPS) is 11.0. The first kappa shape index (κ1) is 17.9. The highest BCUT2D eigenvalue weighted by atomic mass is 79.9. The first-order valence-corrected chi connectivity index (χ1v) is 10.2. The second-order valence-electron chi connectivity index (χ2n) is 6.12. The summed E-state index contributed by atoms with van der Waals surface area (Å²) in [6, 6.07) is 17.6. The number of hydrogen-bond donors (Lipinski definition) is 0. The van der Waals surface area contributed by atoms with E-state index < -0.39 is 0 Å². The third-order valence-electron chi connectivity index (χ3n) is 4.33. The molecule has 2 aromatic heterocycles. The minimum Gasteiger partial charge on any atom is -0.492 e. The van der Waals surface area contributed by atoms with Gasteiger partial charge in [0.25, 0.3) is 5.56 Å². The zero-order valence-corrected chi connectivity index (χ0v) is 17.1. The molecule has 4 aromatic rings. The number of aromatic nitrogens is 2. The zero-order chi connectivity index (χ0) is 18.8. The van der Waals surface area contributed by atoms with Crippen molar-refractivity contribution in [1.82, 2.24) is 9.55 Å². The molecule has 0 aliphatic carbocycles. The lowest BCUT2D eigenvalue weighted by molar-refractivity contribution is 0.296. The Labute approximate surface area is 169 Å². The second-order valence-corrected chi connectivity index (χ2v) is 8.24. The standard InChI is InChI=1S/C21H17BrN2O2S/c1-14-18(15-7-9-16(22)10-8-15)19-20(27-14)23-13-24(21(19)25)11-12-26-17-5-3-2-4-6-17/h2-10,13H,11-12H2,1H3. The van der Waals surface area contributed by atoms with Gasteiger partial charge in [-0.2, -0.15) is 0 Å². The van der Waals surface area contributed by atoms with Crippen molar-refractivity contribution in [3.8, 4) is 16.9 Å². The molecule has 136 valence electrons. The van der Waals surface area contributed by atoms with Crippen molar-refractivity contribution in [2.24, 2.45) is 0 Å². The fraction of sp³-hybridized carbons (Fsp3) is 0.143. The molecule has 0 amide bonds. The van der Waals surface area contributed by atoms with Gasteiger partial charge in [-0.05, 0) is 36.8 Å².